The summed E-state index contributed by atoms with van der Waals surface area (Å²) in [6.07, 6.45) is 3.89. The van der Waals surface area contributed by atoms with Crippen molar-refractivity contribution < 1.29 is 29.4 Å². The highest BCUT2D eigenvalue weighted by atomic mass is 16.4. The number of nitrogens with two attached hydrogens (primary N) is 3. The quantitative estimate of drug-likeness (QED) is 0.0613. The van der Waals surface area contributed by atoms with Gasteiger partial charge in [-0.15, -0.1) is 0 Å². The largest absolute Gasteiger partial charge is 0.480 e. The van der Waals surface area contributed by atoms with Crippen molar-refractivity contribution in [3.63, 3.8) is 0 Å². The van der Waals surface area contributed by atoms with Crippen molar-refractivity contribution in [1.29, 1.82) is 0 Å². The van der Waals surface area contributed by atoms with Crippen LogP contribution in [0.25, 0.3) is 0 Å². The van der Waals surface area contributed by atoms with Crippen LogP contribution in [0.3, 0.4) is 0 Å². The summed E-state index contributed by atoms with van der Waals surface area (Å²) in [6, 6.07) is -4.78. The van der Waals surface area contributed by atoms with Crippen molar-refractivity contribution >= 4 is 29.7 Å². The first-order valence-electron chi connectivity index (χ1n) is 11.5. The average Bonchev–Trinajstić information content (AvgIpc) is 3.34. The molecule has 0 spiro atoms. The third-order valence-corrected chi connectivity index (χ3v) is 5.50. The molecule has 1 aromatic rings. The second-order valence-corrected chi connectivity index (χ2v) is 8.35. The lowest BCUT2D eigenvalue weighted by Crippen LogP contribution is -2.58. The van der Waals surface area contributed by atoms with Gasteiger partial charge in [-0.05, 0) is 18.8 Å². The van der Waals surface area contributed by atoms with Gasteiger partial charge in [0.15, 0.2) is 5.96 Å². The average molecular weight is 512 g/mol. The molecule has 5 atom stereocenters. The van der Waals surface area contributed by atoms with Gasteiger partial charge in [-0.25, -0.2) is 9.78 Å². The van der Waals surface area contributed by atoms with Gasteiger partial charge in [0.05, 0.1) is 19.0 Å². The fraction of sp³-hybridized carbons (Fsp3) is 0.619. The number of carboxylic acids is 1. The number of aliphatic imine (C=N–C) groups is 1. The number of hydrogen-bond acceptors (Lipinski definition) is 8. The second-order valence-electron chi connectivity index (χ2n) is 8.35. The van der Waals surface area contributed by atoms with Gasteiger partial charge in [-0.1, -0.05) is 20.3 Å². The Labute approximate surface area is 208 Å². The van der Waals surface area contributed by atoms with E-state index in [0.29, 0.717) is 12.1 Å². The van der Waals surface area contributed by atoms with Crippen molar-refractivity contribution in [2.75, 3.05) is 13.2 Å². The van der Waals surface area contributed by atoms with Gasteiger partial charge in [0, 0.05) is 24.9 Å². The first kappa shape index (κ1) is 30.3. The maximum Gasteiger partial charge on any atom is 0.326 e. The summed E-state index contributed by atoms with van der Waals surface area (Å²) in [5.74, 6) is -4.01. The molecule has 0 aliphatic carbocycles. The van der Waals surface area contributed by atoms with Gasteiger partial charge in [-0.3, -0.25) is 19.4 Å². The van der Waals surface area contributed by atoms with E-state index in [0.717, 1.165) is 0 Å². The number of nitrogens with one attached hydrogen (secondary N) is 4. The van der Waals surface area contributed by atoms with Crippen LogP contribution in [0, 0.1) is 5.92 Å². The van der Waals surface area contributed by atoms with E-state index in [9.17, 15) is 29.4 Å². The number of nitrogens with zero attached hydrogens (tertiary/aromatic N) is 2. The van der Waals surface area contributed by atoms with Crippen molar-refractivity contribution in [2.45, 2.75) is 63.7 Å². The number of aromatic nitrogens is 2. The van der Waals surface area contributed by atoms with Crippen LogP contribution in [-0.4, -0.2) is 87.2 Å². The second kappa shape index (κ2) is 15.3. The third kappa shape index (κ3) is 10.3. The predicted molar refractivity (Wildman–Crippen MR) is 130 cm³/mol. The highest BCUT2D eigenvalue weighted by Crippen LogP contribution is 2.09. The first-order chi connectivity index (χ1) is 17.0. The molecule has 1 heterocycles. The van der Waals surface area contributed by atoms with Crippen LogP contribution in [-0.2, 0) is 25.6 Å². The molecule has 15 heteroatoms. The number of hydrogen-bond donors (Lipinski definition) is 9. The van der Waals surface area contributed by atoms with Crippen LogP contribution in [0.4, 0.5) is 0 Å². The molecular formula is C21H37N9O6. The molecule has 36 heavy (non-hydrogen) atoms. The molecule has 3 amide bonds. The minimum atomic E-state index is -1.40. The van der Waals surface area contributed by atoms with Gasteiger partial charge >= 0.3 is 5.97 Å². The zero-order valence-electron chi connectivity index (χ0n) is 20.4. The monoisotopic (exact) mass is 511 g/mol. The number of H-pyrrole nitrogens is 1. The van der Waals surface area contributed by atoms with Crippen LogP contribution in [0.5, 0.6) is 0 Å². The van der Waals surface area contributed by atoms with Gasteiger partial charge in [-0.2, -0.15) is 0 Å². The third-order valence-electron chi connectivity index (χ3n) is 5.50. The Morgan fingerprint density at radius 2 is 1.75 bits per heavy atom. The van der Waals surface area contributed by atoms with Gasteiger partial charge in [0.2, 0.25) is 17.7 Å². The molecule has 1 aromatic heterocycles. The lowest BCUT2D eigenvalue weighted by Gasteiger charge is -2.26. The standard InChI is InChI=1S/C21H37N9O6/c1-3-11(2)16(20(35)36)30-18(33)14(5-4-6-26-21(23)24)28-19(34)15(9-31)29-17(32)13(22)7-12-8-25-10-27-12/h8,10-11,13-16,31H,3-7,9,22H2,1-2H3,(H,25,27)(H,28,34)(H,29,32)(H,30,33)(H,35,36)(H4,23,24,26). The van der Waals surface area contributed by atoms with E-state index in [2.05, 4.69) is 30.9 Å². The van der Waals surface area contributed by atoms with E-state index in [4.69, 9.17) is 17.2 Å². The molecular weight excluding hydrogens is 474 g/mol. The van der Waals surface area contributed by atoms with Crippen LogP contribution in [0.1, 0.15) is 38.8 Å². The number of aliphatic carboxylic acids is 1. The fourth-order valence-corrected chi connectivity index (χ4v) is 3.18. The molecule has 0 bridgehead atoms. The number of carboxylic acid groups (broad SMARTS) is 1. The number of carbonyl (C=O) groups excluding carboxylic acids is 3. The minimum Gasteiger partial charge on any atom is -0.480 e. The van der Waals surface area contributed by atoms with Gasteiger partial charge in [0.25, 0.3) is 0 Å². The SMILES string of the molecule is CCC(C)C(NC(=O)C(CCCN=C(N)N)NC(=O)C(CO)NC(=O)C(N)Cc1cnc[nH]1)C(=O)O. The topological polar surface area (TPSA) is 264 Å². The summed E-state index contributed by atoms with van der Waals surface area (Å²) in [7, 11) is 0. The number of aromatic amines is 1. The lowest BCUT2D eigenvalue weighted by molar-refractivity contribution is -0.144. The Hall–Kier alpha value is -3.72. The maximum atomic E-state index is 12.9. The molecule has 0 aliphatic rings. The number of amides is 3. The van der Waals surface area contributed by atoms with E-state index in [1.165, 1.54) is 12.5 Å². The lowest BCUT2D eigenvalue weighted by atomic mass is 9.98. The molecule has 0 aliphatic heterocycles. The van der Waals surface area contributed by atoms with Gasteiger partial charge < -0.3 is 48.3 Å². The Kier molecular flexibility index (Phi) is 12.9. The smallest absolute Gasteiger partial charge is 0.326 e. The molecule has 5 unspecified atom stereocenters. The van der Waals surface area contributed by atoms with E-state index in [1.807, 2.05) is 0 Å². The summed E-state index contributed by atoms with van der Waals surface area (Å²) < 4.78 is 0. The summed E-state index contributed by atoms with van der Waals surface area (Å²) >= 11 is 0. The molecule has 202 valence electrons. The Bertz CT molecular complexity index is 888. The van der Waals surface area contributed by atoms with Crippen molar-refractivity contribution in [3.05, 3.63) is 18.2 Å². The highest BCUT2D eigenvalue weighted by Gasteiger charge is 2.31. The van der Waals surface area contributed by atoms with Crippen molar-refractivity contribution in [1.82, 2.24) is 25.9 Å². The summed E-state index contributed by atoms with van der Waals surface area (Å²) in [6.45, 7) is 2.86. The van der Waals surface area contributed by atoms with Crippen LogP contribution in [0.2, 0.25) is 0 Å². The molecule has 0 saturated carbocycles. The molecule has 15 nitrogen and oxygen atoms in total. The highest BCUT2D eigenvalue weighted by molar-refractivity contribution is 5.94. The van der Waals surface area contributed by atoms with E-state index < -0.39 is 54.5 Å². The molecule has 0 saturated heterocycles. The maximum absolute atomic E-state index is 12.9. The molecule has 0 fully saturated rings. The van der Waals surface area contributed by atoms with Crippen molar-refractivity contribution in [3.8, 4) is 0 Å². The minimum absolute atomic E-state index is 0.0621. The zero-order valence-corrected chi connectivity index (χ0v) is 20.4. The Morgan fingerprint density at radius 1 is 1.11 bits per heavy atom. The van der Waals surface area contributed by atoms with E-state index >= 15 is 0 Å². The number of rotatable bonds is 16. The molecule has 1 rings (SSSR count). The molecule has 12 N–H and O–H groups in total. The van der Waals surface area contributed by atoms with E-state index in [-0.39, 0.29) is 37.7 Å². The first-order valence-corrected chi connectivity index (χ1v) is 11.5. The number of carbonyl (C=O) groups is 4. The summed E-state index contributed by atoms with van der Waals surface area (Å²) in [5, 5.41) is 26.4. The van der Waals surface area contributed by atoms with Crippen LogP contribution in [0.15, 0.2) is 17.5 Å². The Morgan fingerprint density at radius 3 is 2.28 bits per heavy atom. The number of imidazole rings is 1. The van der Waals surface area contributed by atoms with E-state index in [1.54, 1.807) is 13.8 Å². The van der Waals surface area contributed by atoms with Crippen molar-refractivity contribution in [2.24, 2.45) is 28.1 Å². The summed E-state index contributed by atoms with van der Waals surface area (Å²) in [5.41, 5.74) is 17.1. The number of aliphatic hydroxyl groups excluding tert-OH is 1. The number of aliphatic hydroxyl groups is 1. The van der Waals surface area contributed by atoms with Crippen LogP contribution >= 0.6 is 0 Å². The number of guanidine groups is 1. The summed E-state index contributed by atoms with van der Waals surface area (Å²) in [4.78, 5) is 60.2. The molecule has 0 aromatic carbocycles. The fourth-order valence-electron chi connectivity index (χ4n) is 3.18. The Balaban J connectivity index is 2.90. The normalized spacial score (nSPS) is 15.0. The van der Waals surface area contributed by atoms with Crippen LogP contribution < -0.4 is 33.2 Å². The molecule has 0 radical (unpaired) electrons. The zero-order chi connectivity index (χ0) is 27.3. The predicted octanol–water partition coefficient (Wildman–Crippen LogP) is -3.09. The van der Waals surface area contributed by atoms with Gasteiger partial charge in [0.1, 0.15) is 18.1 Å².